The lowest BCUT2D eigenvalue weighted by Crippen LogP contribution is -2.50. The number of aliphatic carboxylic acids is 1. The van der Waals surface area contributed by atoms with Crippen LogP contribution in [0.1, 0.15) is 26.7 Å². The van der Waals surface area contributed by atoms with Crippen molar-refractivity contribution < 1.29 is 23.1 Å². The van der Waals surface area contributed by atoms with Gasteiger partial charge in [0.1, 0.15) is 15.4 Å². The van der Waals surface area contributed by atoms with Crippen molar-refractivity contribution in [2.75, 3.05) is 19.1 Å². The maximum Gasteiger partial charge on any atom is 0.329 e. The molecule has 7 heteroatoms. The summed E-state index contributed by atoms with van der Waals surface area (Å²) >= 11 is 0. The fourth-order valence-corrected chi connectivity index (χ4v) is 1.78. The van der Waals surface area contributed by atoms with Gasteiger partial charge in [0.25, 0.3) is 0 Å². The average molecular weight is 265 g/mol. The van der Waals surface area contributed by atoms with Gasteiger partial charge in [-0.25, -0.2) is 13.2 Å². The highest BCUT2D eigenvalue weighted by Crippen LogP contribution is 2.14. The SMILES string of the molecule is CN(C(=O)CCCS(C)(=O)=O)C(C)(C)C(=O)O. The van der Waals surface area contributed by atoms with E-state index in [0.717, 1.165) is 11.2 Å². The molecule has 1 N–H and O–H groups in total. The van der Waals surface area contributed by atoms with Gasteiger partial charge < -0.3 is 10.0 Å². The van der Waals surface area contributed by atoms with Crippen molar-refractivity contribution in [3.63, 3.8) is 0 Å². The van der Waals surface area contributed by atoms with Crippen LogP contribution in [0.5, 0.6) is 0 Å². The molecule has 17 heavy (non-hydrogen) atoms. The molecule has 0 atom stereocenters. The third kappa shape index (κ3) is 5.16. The molecule has 0 fully saturated rings. The molecule has 6 nitrogen and oxygen atoms in total. The van der Waals surface area contributed by atoms with Crippen molar-refractivity contribution in [3.05, 3.63) is 0 Å². The van der Waals surface area contributed by atoms with Gasteiger partial charge in [-0.2, -0.15) is 0 Å². The van der Waals surface area contributed by atoms with E-state index >= 15 is 0 Å². The van der Waals surface area contributed by atoms with Gasteiger partial charge >= 0.3 is 5.97 Å². The maximum absolute atomic E-state index is 11.6. The number of carboxylic acids is 1. The van der Waals surface area contributed by atoms with Gasteiger partial charge in [0.15, 0.2) is 0 Å². The smallest absolute Gasteiger partial charge is 0.329 e. The molecular formula is C10H19NO5S. The fraction of sp³-hybridized carbons (Fsp3) is 0.800. The summed E-state index contributed by atoms with van der Waals surface area (Å²) in [7, 11) is -1.68. The minimum atomic E-state index is -3.08. The standard InChI is InChI=1S/C10H19NO5S/c1-10(2,9(13)14)11(3)8(12)6-5-7-17(4,15)16/h5-7H2,1-4H3,(H,13,14). The van der Waals surface area contributed by atoms with Crippen molar-refractivity contribution in [3.8, 4) is 0 Å². The predicted molar refractivity (Wildman–Crippen MR) is 63.4 cm³/mol. The highest BCUT2D eigenvalue weighted by molar-refractivity contribution is 7.90. The Bertz CT molecular complexity index is 399. The van der Waals surface area contributed by atoms with Crippen molar-refractivity contribution in [1.82, 2.24) is 4.90 Å². The van der Waals surface area contributed by atoms with Crippen molar-refractivity contribution in [1.29, 1.82) is 0 Å². The van der Waals surface area contributed by atoms with Crippen LogP contribution in [0.4, 0.5) is 0 Å². The highest BCUT2D eigenvalue weighted by Gasteiger charge is 2.34. The Kier molecular flexibility index (Phi) is 5.12. The van der Waals surface area contributed by atoms with Gasteiger partial charge in [-0.15, -0.1) is 0 Å². The number of carboxylic acid groups (broad SMARTS) is 1. The van der Waals surface area contributed by atoms with Crippen LogP contribution in [-0.4, -0.2) is 54.9 Å². The van der Waals surface area contributed by atoms with E-state index in [1.54, 1.807) is 0 Å². The van der Waals surface area contributed by atoms with Crippen LogP contribution in [0, 0.1) is 0 Å². The zero-order valence-electron chi connectivity index (χ0n) is 10.6. The third-order valence-electron chi connectivity index (χ3n) is 2.64. The molecule has 0 aliphatic heterocycles. The molecule has 0 heterocycles. The van der Waals surface area contributed by atoms with Crippen LogP contribution in [0.2, 0.25) is 0 Å². The van der Waals surface area contributed by atoms with Gasteiger partial charge in [-0.05, 0) is 20.3 Å². The average Bonchev–Trinajstić information content (AvgIpc) is 2.13. The first-order valence-corrected chi connectivity index (χ1v) is 7.22. The zero-order valence-corrected chi connectivity index (χ0v) is 11.4. The molecule has 0 rings (SSSR count). The topological polar surface area (TPSA) is 91.8 Å². The number of likely N-dealkylation sites (N-methyl/N-ethyl adjacent to an activating group) is 1. The van der Waals surface area contributed by atoms with E-state index in [4.69, 9.17) is 5.11 Å². The Hall–Kier alpha value is -1.11. The first kappa shape index (κ1) is 15.9. The van der Waals surface area contributed by atoms with Crippen molar-refractivity contribution in [2.24, 2.45) is 0 Å². The zero-order chi connectivity index (χ0) is 13.9. The molecule has 0 unspecified atom stereocenters. The number of sulfone groups is 1. The molecule has 0 aromatic heterocycles. The van der Waals surface area contributed by atoms with Crippen LogP contribution >= 0.6 is 0 Å². The fourth-order valence-electron chi connectivity index (χ4n) is 1.11. The molecule has 0 spiro atoms. The van der Waals surface area contributed by atoms with Crippen LogP contribution in [-0.2, 0) is 19.4 Å². The molecule has 0 aliphatic rings. The summed E-state index contributed by atoms with van der Waals surface area (Å²) in [5.74, 6) is -1.54. The third-order valence-corrected chi connectivity index (χ3v) is 3.67. The Labute approximate surface area is 102 Å². The quantitative estimate of drug-likeness (QED) is 0.737. The molecule has 0 saturated carbocycles. The highest BCUT2D eigenvalue weighted by atomic mass is 32.2. The van der Waals surface area contributed by atoms with Gasteiger partial charge in [0.2, 0.25) is 5.91 Å². The minimum Gasteiger partial charge on any atom is -0.480 e. The number of rotatable bonds is 6. The molecule has 0 saturated heterocycles. The number of hydrogen-bond donors (Lipinski definition) is 1. The van der Waals surface area contributed by atoms with E-state index in [2.05, 4.69) is 0 Å². The van der Waals surface area contributed by atoms with Crippen molar-refractivity contribution >= 4 is 21.7 Å². The van der Waals surface area contributed by atoms with Gasteiger partial charge in [-0.3, -0.25) is 4.79 Å². The Morgan fingerprint density at radius 3 is 2.12 bits per heavy atom. The predicted octanol–water partition coefficient (Wildman–Crippen LogP) is 0.133. The number of amides is 1. The molecule has 0 aromatic rings. The summed E-state index contributed by atoms with van der Waals surface area (Å²) in [5, 5.41) is 8.93. The van der Waals surface area contributed by atoms with E-state index in [-0.39, 0.29) is 24.5 Å². The summed E-state index contributed by atoms with van der Waals surface area (Å²) in [4.78, 5) is 23.7. The Morgan fingerprint density at radius 1 is 1.29 bits per heavy atom. The lowest BCUT2D eigenvalue weighted by Gasteiger charge is -2.31. The van der Waals surface area contributed by atoms with E-state index in [0.29, 0.717) is 0 Å². The van der Waals surface area contributed by atoms with Crippen molar-refractivity contribution in [2.45, 2.75) is 32.2 Å². The second-order valence-electron chi connectivity index (χ2n) is 4.55. The minimum absolute atomic E-state index is 0.0281. The summed E-state index contributed by atoms with van der Waals surface area (Å²) in [6.45, 7) is 2.84. The molecule has 100 valence electrons. The molecule has 0 bridgehead atoms. The monoisotopic (exact) mass is 265 g/mol. The molecule has 1 amide bonds. The van der Waals surface area contributed by atoms with Gasteiger partial charge in [-0.1, -0.05) is 0 Å². The first-order valence-electron chi connectivity index (χ1n) is 5.16. The lowest BCUT2D eigenvalue weighted by molar-refractivity contribution is -0.155. The molecule has 0 radical (unpaired) electrons. The van der Waals surface area contributed by atoms with Crippen LogP contribution in [0.3, 0.4) is 0 Å². The van der Waals surface area contributed by atoms with Crippen LogP contribution in [0.15, 0.2) is 0 Å². The van der Waals surface area contributed by atoms with E-state index < -0.39 is 21.3 Å². The van der Waals surface area contributed by atoms with Crippen LogP contribution < -0.4 is 0 Å². The first-order chi connectivity index (χ1) is 7.48. The summed E-state index contributed by atoms with van der Waals surface area (Å²) < 4.78 is 21.7. The van der Waals surface area contributed by atoms with Gasteiger partial charge in [0.05, 0.1) is 5.75 Å². The number of carbonyl (C=O) groups excluding carboxylic acids is 1. The molecule has 0 aliphatic carbocycles. The number of hydrogen-bond acceptors (Lipinski definition) is 4. The normalized spacial score (nSPS) is 12.2. The molecule has 0 aromatic carbocycles. The van der Waals surface area contributed by atoms with E-state index in [1.807, 2.05) is 0 Å². The summed E-state index contributed by atoms with van der Waals surface area (Å²) in [5.41, 5.74) is -1.29. The Morgan fingerprint density at radius 2 is 1.76 bits per heavy atom. The second kappa shape index (κ2) is 5.48. The molecular weight excluding hydrogens is 246 g/mol. The maximum atomic E-state index is 11.6. The van der Waals surface area contributed by atoms with Crippen LogP contribution in [0.25, 0.3) is 0 Å². The Balaban J connectivity index is 4.39. The lowest BCUT2D eigenvalue weighted by atomic mass is 10.0. The second-order valence-corrected chi connectivity index (χ2v) is 6.81. The summed E-state index contributed by atoms with van der Waals surface area (Å²) in [6, 6.07) is 0. The van der Waals surface area contributed by atoms with E-state index in [1.165, 1.54) is 20.9 Å². The largest absolute Gasteiger partial charge is 0.480 e. The van der Waals surface area contributed by atoms with E-state index in [9.17, 15) is 18.0 Å². The van der Waals surface area contributed by atoms with Gasteiger partial charge in [0, 0.05) is 19.7 Å². The number of nitrogens with zero attached hydrogens (tertiary/aromatic N) is 1. The number of carbonyl (C=O) groups is 2. The summed E-state index contributed by atoms with van der Waals surface area (Å²) in [6.07, 6.45) is 1.33.